The summed E-state index contributed by atoms with van der Waals surface area (Å²) in [7, 11) is 3.40. The highest BCUT2D eigenvalue weighted by molar-refractivity contribution is 6.07. The van der Waals surface area contributed by atoms with Gasteiger partial charge in [-0.05, 0) is 42.7 Å². The van der Waals surface area contributed by atoms with Crippen molar-refractivity contribution >= 4 is 22.7 Å². The number of hydrogen-bond donors (Lipinski definition) is 2. The summed E-state index contributed by atoms with van der Waals surface area (Å²) in [5, 5.41) is 13.4. The average Bonchev–Trinajstić information content (AvgIpc) is 3.15. The van der Waals surface area contributed by atoms with E-state index in [1.807, 2.05) is 22.8 Å². The van der Waals surface area contributed by atoms with Crippen molar-refractivity contribution in [3.63, 3.8) is 0 Å². The zero-order valence-electron chi connectivity index (χ0n) is 18.3. The van der Waals surface area contributed by atoms with E-state index in [2.05, 4.69) is 5.32 Å². The molecular weight excluding hydrogens is 409 g/mol. The van der Waals surface area contributed by atoms with Crippen molar-refractivity contribution in [3.05, 3.63) is 71.2 Å². The number of fused-ring (bicyclic) bond motifs is 1. The highest BCUT2D eigenvalue weighted by Gasteiger charge is 2.27. The van der Waals surface area contributed by atoms with Crippen molar-refractivity contribution in [1.82, 2.24) is 14.8 Å². The number of carbonyl (C=O) groups is 2. The molecule has 7 heteroatoms. The van der Waals surface area contributed by atoms with E-state index in [1.54, 1.807) is 38.5 Å². The summed E-state index contributed by atoms with van der Waals surface area (Å²) in [5.41, 5.74) is 2.29. The van der Waals surface area contributed by atoms with E-state index < -0.39 is 11.9 Å². The number of aliphatic hydroxyl groups excluding tert-OH is 1. The fourth-order valence-corrected chi connectivity index (χ4v) is 4.40. The van der Waals surface area contributed by atoms with Crippen LogP contribution in [0.5, 0.6) is 0 Å². The third-order valence-corrected chi connectivity index (χ3v) is 6.08. The van der Waals surface area contributed by atoms with Gasteiger partial charge in [-0.25, -0.2) is 4.39 Å². The second-order valence-corrected chi connectivity index (χ2v) is 8.64. The second kappa shape index (κ2) is 9.12. The molecule has 4 rings (SSSR count). The minimum atomic E-state index is -0.581. The van der Waals surface area contributed by atoms with Crippen LogP contribution in [-0.4, -0.2) is 52.6 Å². The minimum absolute atomic E-state index is 0.0960. The molecule has 2 amide bonds. The normalized spacial score (nSPS) is 18.5. The standard InChI is InChI=1S/C25H28FN3O3/c1-28(2)25(32)17-8-5-7-16(13-17)14-29-15-18(23-19(26)9-6-11-21(23)29)24(31)27-20-10-3-4-12-22(20)30/h5-9,11,13,15,20,22,30H,3-4,10,12,14H2,1-2H3,(H,27,31)/t20-,22-/m0/s1. The number of hydrogen-bond acceptors (Lipinski definition) is 3. The molecule has 1 aliphatic rings. The van der Waals surface area contributed by atoms with Crippen molar-refractivity contribution in [2.24, 2.45) is 0 Å². The van der Waals surface area contributed by atoms with Gasteiger partial charge in [0.15, 0.2) is 0 Å². The Labute approximate surface area is 186 Å². The molecule has 1 aliphatic carbocycles. The van der Waals surface area contributed by atoms with E-state index in [1.165, 1.54) is 11.0 Å². The molecule has 3 aromatic rings. The molecule has 2 N–H and O–H groups in total. The third kappa shape index (κ3) is 4.39. The Morgan fingerprint density at radius 1 is 1.16 bits per heavy atom. The smallest absolute Gasteiger partial charge is 0.253 e. The molecule has 0 unspecified atom stereocenters. The van der Waals surface area contributed by atoms with Crippen molar-refractivity contribution < 1.29 is 19.1 Å². The predicted molar refractivity (Wildman–Crippen MR) is 121 cm³/mol. The van der Waals surface area contributed by atoms with Crippen molar-refractivity contribution in [2.45, 2.75) is 44.4 Å². The van der Waals surface area contributed by atoms with Gasteiger partial charge in [-0.3, -0.25) is 9.59 Å². The van der Waals surface area contributed by atoms with Crippen LogP contribution in [0.3, 0.4) is 0 Å². The topological polar surface area (TPSA) is 74.6 Å². The number of amides is 2. The van der Waals surface area contributed by atoms with Crippen LogP contribution in [0.1, 0.15) is 52.0 Å². The highest BCUT2D eigenvalue weighted by atomic mass is 19.1. The van der Waals surface area contributed by atoms with Gasteiger partial charge in [0.05, 0.1) is 23.2 Å². The van der Waals surface area contributed by atoms with Gasteiger partial charge >= 0.3 is 0 Å². The molecule has 0 aliphatic heterocycles. The van der Waals surface area contributed by atoms with Crippen molar-refractivity contribution in [2.75, 3.05) is 14.1 Å². The summed E-state index contributed by atoms with van der Waals surface area (Å²) in [6.45, 7) is 0.383. The first-order valence-electron chi connectivity index (χ1n) is 10.9. The Balaban J connectivity index is 1.67. The molecule has 32 heavy (non-hydrogen) atoms. The average molecular weight is 438 g/mol. The highest BCUT2D eigenvalue weighted by Crippen LogP contribution is 2.27. The molecule has 0 saturated heterocycles. The van der Waals surface area contributed by atoms with E-state index >= 15 is 0 Å². The summed E-state index contributed by atoms with van der Waals surface area (Å²) >= 11 is 0. The first-order valence-corrected chi connectivity index (χ1v) is 10.9. The number of nitrogens with zero attached hydrogens (tertiary/aromatic N) is 2. The lowest BCUT2D eigenvalue weighted by Crippen LogP contribution is -2.45. The molecule has 168 valence electrons. The van der Waals surface area contributed by atoms with E-state index in [4.69, 9.17) is 0 Å². The third-order valence-electron chi connectivity index (χ3n) is 6.08. The zero-order chi connectivity index (χ0) is 22.8. The largest absolute Gasteiger partial charge is 0.391 e. The predicted octanol–water partition coefficient (Wildman–Crippen LogP) is 3.56. The van der Waals surface area contributed by atoms with Gasteiger partial charge in [0.25, 0.3) is 11.8 Å². The molecule has 1 heterocycles. The first kappa shape index (κ1) is 22.0. The maximum atomic E-state index is 14.8. The Kier molecular flexibility index (Phi) is 6.28. The monoisotopic (exact) mass is 437 g/mol. The molecule has 0 radical (unpaired) electrons. The van der Waals surface area contributed by atoms with Gasteiger partial charge in [0, 0.05) is 37.8 Å². The Morgan fingerprint density at radius 2 is 1.91 bits per heavy atom. The number of benzene rings is 2. The quantitative estimate of drug-likeness (QED) is 0.641. The van der Waals surface area contributed by atoms with Gasteiger partial charge < -0.3 is 19.9 Å². The number of carbonyl (C=O) groups excluding carboxylic acids is 2. The fourth-order valence-electron chi connectivity index (χ4n) is 4.40. The Hall–Kier alpha value is -3.19. The molecule has 0 bridgehead atoms. The van der Waals surface area contributed by atoms with Gasteiger partial charge in [-0.15, -0.1) is 0 Å². The molecule has 2 atom stereocenters. The van der Waals surface area contributed by atoms with Gasteiger partial charge in [0.1, 0.15) is 5.82 Å². The summed E-state index contributed by atoms with van der Waals surface area (Å²) in [5.74, 6) is -0.949. The summed E-state index contributed by atoms with van der Waals surface area (Å²) in [6, 6.07) is 11.7. The van der Waals surface area contributed by atoms with E-state index in [-0.39, 0.29) is 28.8 Å². The molecule has 1 aromatic heterocycles. The van der Waals surface area contributed by atoms with Crippen LogP contribution in [-0.2, 0) is 6.54 Å². The fraction of sp³-hybridized carbons (Fsp3) is 0.360. The van der Waals surface area contributed by atoms with E-state index in [9.17, 15) is 19.1 Å². The van der Waals surface area contributed by atoms with Crippen LogP contribution < -0.4 is 5.32 Å². The number of halogens is 1. The SMILES string of the molecule is CN(C)C(=O)c1cccc(Cn2cc(C(=O)N[C@H]3CCCC[C@@H]3O)c3c(F)cccc32)c1. The van der Waals surface area contributed by atoms with Crippen LogP contribution in [0, 0.1) is 5.82 Å². The number of aliphatic hydroxyl groups is 1. The lowest BCUT2D eigenvalue weighted by molar-refractivity contribution is 0.0718. The molecular formula is C25H28FN3O3. The lowest BCUT2D eigenvalue weighted by atomic mass is 9.92. The molecule has 0 spiro atoms. The maximum absolute atomic E-state index is 14.8. The van der Waals surface area contributed by atoms with Crippen molar-refractivity contribution in [1.29, 1.82) is 0 Å². The van der Waals surface area contributed by atoms with Crippen LogP contribution in [0.2, 0.25) is 0 Å². The first-order chi connectivity index (χ1) is 15.3. The van der Waals surface area contributed by atoms with Crippen LogP contribution in [0.4, 0.5) is 4.39 Å². The summed E-state index contributed by atoms with van der Waals surface area (Å²) in [6.07, 6.45) is 4.32. The molecule has 1 saturated carbocycles. The Bertz CT molecular complexity index is 1150. The van der Waals surface area contributed by atoms with E-state index in [0.717, 1.165) is 18.4 Å². The lowest BCUT2D eigenvalue weighted by Gasteiger charge is -2.28. The van der Waals surface area contributed by atoms with Gasteiger partial charge in [-0.2, -0.15) is 0 Å². The van der Waals surface area contributed by atoms with Gasteiger partial charge in [-0.1, -0.05) is 31.0 Å². The summed E-state index contributed by atoms with van der Waals surface area (Å²) in [4.78, 5) is 26.9. The Morgan fingerprint density at radius 3 is 2.66 bits per heavy atom. The van der Waals surface area contributed by atoms with Gasteiger partial charge in [0.2, 0.25) is 0 Å². The number of rotatable bonds is 5. The van der Waals surface area contributed by atoms with Crippen LogP contribution in [0.25, 0.3) is 10.9 Å². The van der Waals surface area contributed by atoms with Crippen LogP contribution >= 0.6 is 0 Å². The maximum Gasteiger partial charge on any atom is 0.253 e. The zero-order valence-corrected chi connectivity index (χ0v) is 18.3. The minimum Gasteiger partial charge on any atom is -0.391 e. The van der Waals surface area contributed by atoms with Crippen LogP contribution in [0.15, 0.2) is 48.7 Å². The number of aromatic nitrogens is 1. The molecule has 1 fully saturated rings. The number of nitrogens with one attached hydrogen (secondary N) is 1. The second-order valence-electron chi connectivity index (χ2n) is 8.64. The van der Waals surface area contributed by atoms with Crippen molar-refractivity contribution in [3.8, 4) is 0 Å². The molecule has 2 aromatic carbocycles. The summed E-state index contributed by atoms with van der Waals surface area (Å²) < 4.78 is 16.6. The van der Waals surface area contributed by atoms with E-state index in [0.29, 0.717) is 30.5 Å². The molecule has 6 nitrogen and oxygen atoms in total.